The maximum absolute atomic E-state index is 12.2. The van der Waals surface area contributed by atoms with Gasteiger partial charge in [0.2, 0.25) is 5.90 Å². The summed E-state index contributed by atoms with van der Waals surface area (Å²) >= 11 is 6.36. The predicted molar refractivity (Wildman–Crippen MR) is 128 cm³/mol. The number of urea groups is 1. The van der Waals surface area contributed by atoms with Gasteiger partial charge in [-0.3, -0.25) is 10.0 Å². The maximum Gasteiger partial charge on any atom is 0.352 e. The van der Waals surface area contributed by atoms with Crippen LogP contribution in [0, 0.1) is 6.92 Å². The van der Waals surface area contributed by atoms with E-state index in [1.54, 1.807) is 32.4 Å². The van der Waals surface area contributed by atoms with E-state index in [2.05, 4.69) is 4.99 Å². The number of halogens is 1. The Labute approximate surface area is 193 Å². The van der Waals surface area contributed by atoms with Crippen LogP contribution in [0.4, 0.5) is 10.5 Å². The number of methoxy groups -OCH3 is 1. The van der Waals surface area contributed by atoms with E-state index in [4.69, 9.17) is 38.5 Å². The molecule has 0 fully saturated rings. The highest BCUT2D eigenvalue weighted by atomic mass is 35.5. The molecule has 2 aromatic rings. The molecule has 9 nitrogen and oxygen atoms in total. The molecule has 2 aromatic carbocycles. The van der Waals surface area contributed by atoms with Gasteiger partial charge in [-0.1, -0.05) is 17.7 Å². The minimum atomic E-state index is -0.599. The zero-order valence-electron chi connectivity index (χ0n) is 18.8. The number of aryl methyl sites for hydroxylation is 1. The van der Waals surface area contributed by atoms with Crippen LogP contribution in [0.5, 0.6) is 5.75 Å². The van der Waals surface area contributed by atoms with Crippen LogP contribution < -0.4 is 27.2 Å². The number of hydrogen-bond donors (Lipinski definition) is 3. The summed E-state index contributed by atoms with van der Waals surface area (Å²) in [5.41, 5.74) is 10.2. The monoisotopic (exact) mass is 460 g/mol. The van der Waals surface area contributed by atoms with E-state index in [0.717, 1.165) is 26.7 Å². The summed E-state index contributed by atoms with van der Waals surface area (Å²) in [4.78, 5) is 16.2. The molecular formula is C22H29ClN6O3. The molecule has 0 atom stereocenters. The quantitative estimate of drug-likeness (QED) is 0.199. The number of amides is 2. The van der Waals surface area contributed by atoms with Crippen molar-refractivity contribution in [1.82, 2.24) is 5.01 Å². The average Bonchev–Trinajstić information content (AvgIpc) is 2.77. The van der Waals surface area contributed by atoms with Crippen molar-refractivity contribution in [2.75, 3.05) is 26.2 Å². The van der Waals surface area contributed by atoms with Crippen molar-refractivity contribution in [1.29, 1.82) is 0 Å². The molecule has 0 aromatic heterocycles. The van der Waals surface area contributed by atoms with Crippen LogP contribution in [0.2, 0.25) is 5.02 Å². The lowest BCUT2D eigenvalue weighted by Gasteiger charge is -2.24. The van der Waals surface area contributed by atoms with Crippen molar-refractivity contribution in [3.05, 3.63) is 63.7 Å². The molecule has 0 radical (unpaired) electrons. The van der Waals surface area contributed by atoms with Gasteiger partial charge in [-0.05, 0) is 55.3 Å². The van der Waals surface area contributed by atoms with E-state index in [9.17, 15) is 4.79 Å². The van der Waals surface area contributed by atoms with Gasteiger partial charge in [-0.2, -0.15) is 0 Å². The fourth-order valence-electron chi connectivity index (χ4n) is 3.06. The van der Waals surface area contributed by atoms with Gasteiger partial charge in [0, 0.05) is 36.0 Å². The number of ether oxygens (including phenoxy) is 2. The zero-order valence-corrected chi connectivity index (χ0v) is 19.6. The van der Waals surface area contributed by atoms with Crippen LogP contribution in [0.1, 0.15) is 23.6 Å². The summed E-state index contributed by atoms with van der Waals surface area (Å²) in [6.07, 6.45) is 0. The van der Waals surface area contributed by atoms with Crippen LogP contribution in [0.15, 0.2) is 47.0 Å². The molecule has 2 rings (SSSR count). The summed E-state index contributed by atoms with van der Waals surface area (Å²) in [5, 5.41) is 2.22. The van der Waals surface area contributed by atoms with Crippen LogP contribution in [-0.4, -0.2) is 38.1 Å². The molecule has 32 heavy (non-hydrogen) atoms. The van der Waals surface area contributed by atoms with Gasteiger partial charge < -0.3 is 15.2 Å². The number of nitrogens with two attached hydrogens (primary N) is 3. The Morgan fingerprint density at radius 3 is 2.47 bits per heavy atom. The van der Waals surface area contributed by atoms with E-state index in [1.807, 2.05) is 32.0 Å². The van der Waals surface area contributed by atoms with Gasteiger partial charge in [0.15, 0.2) is 0 Å². The number of aliphatic imine (C=N–C) groups is 1. The third-order valence-electron chi connectivity index (χ3n) is 4.84. The van der Waals surface area contributed by atoms with E-state index in [1.165, 1.54) is 7.05 Å². The first-order valence-electron chi connectivity index (χ1n) is 9.68. The lowest BCUT2D eigenvalue weighted by Crippen LogP contribution is -2.49. The molecule has 0 aliphatic rings. The Morgan fingerprint density at radius 1 is 1.22 bits per heavy atom. The van der Waals surface area contributed by atoms with Crippen molar-refractivity contribution >= 4 is 34.9 Å². The molecule has 0 saturated carbocycles. The molecule has 0 saturated heterocycles. The molecule has 0 aliphatic carbocycles. The Hall–Kier alpha value is -3.27. The van der Waals surface area contributed by atoms with Crippen LogP contribution in [0.3, 0.4) is 0 Å². The lowest BCUT2D eigenvalue weighted by atomic mass is 10.0. The van der Waals surface area contributed by atoms with Crippen molar-refractivity contribution in [3.63, 3.8) is 0 Å². The molecule has 0 aliphatic heterocycles. The summed E-state index contributed by atoms with van der Waals surface area (Å²) in [7, 11) is 4.59. The largest absolute Gasteiger partial charge is 0.488 e. The molecule has 0 heterocycles. The van der Waals surface area contributed by atoms with Crippen molar-refractivity contribution in [2.45, 2.75) is 20.5 Å². The van der Waals surface area contributed by atoms with E-state index in [0.29, 0.717) is 33.6 Å². The third kappa shape index (κ3) is 5.50. The number of benzene rings is 2. The number of rotatable bonds is 6. The first-order valence-corrected chi connectivity index (χ1v) is 10.1. The molecule has 0 spiro atoms. The summed E-state index contributed by atoms with van der Waals surface area (Å²) in [5.74, 6) is 12.6. The molecular weight excluding hydrogens is 432 g/mol. The Morgan fingerprint density at radius 2 is 1.91 bits per heavy atom. The summed E-state index contributed by atoms with van der Waals surface area (Å²) in [6, 6.07) is 10.0. The molecule has 172 valence electrons. The summed E-state index contributed by atoms with van der Waals surface area (Å²) in [6.45, 7) is 3.84. The van der Waals surface area contributed by atoms with Crippen molar-refractivity contribution in [3.8, 4) is 5.75 Å². The SMILES string of the molecule is CN=C(OC)C(C)=C(N)c1ccc(OCc2c(Cl)cccc2N(N)C(=O)N(C)N)c(C)c1. The Balaban J connectivity index is 2.30. The standard InChI is InChI=1S/C22H29ClN6O3/c1-13-11-15(20(24)14(2)21(27-3)31-5)9-10-19(13)32-12-16-17(23)7-6-8-18(16)29(26)22(30)28(4)25/h6-11H,12,24-26H2,1-5H3. The predicted octanol–water partition coefficient (Wildman–Crippen LogP) is 3.20. The zero-order chi connectivity index (χ0) is 24.0. The van der Waals surface area contributed by atoms with E-state index < -0.39 is 6.03 Å². The molecule has 2 amide bonds. The first kappa shape index (κ1) is 25.0. The van der Waals surface area contributed by atoms with Crippen molar-refractivity contribution in [2.24, 2.45) is 22.4 Å². The lowest BCUT2D eigenvalue weighted by molar-refractivity contribution is 0.216. The Bertz CT molecular complexity index is 1050. The molecule has 0 bridgehead atoms. The molecule has 0 unspecified atom stereocenters. The Kier molecular flexibility index (Phi) is 8.48. The second kappa shape index (κ2) is 10.9. The number of hydrogen-bond acceptors (Lipinski definition) is 7. The molecule has 6 N–H and O–H groups in total. The van der Waals surface area contributed by atoms with Gasteiger partial charge in [-0.25, -0.2) is 21.5 Å². The van der Waals surface area contributed by atoms with Crippen LogP contribution in [0.25, 0.3) is 5.70 Å². The number of nitrogens with zero attached hydrogens (tertiary/aromatic N) is 3. The normalized spacial score (nSPS) is 12.2. The van der Waals surface area contributed by atoms with Gasteiger partial charge >= 0.3 is 6.03 Å². The first-order chi connectivity index (χ1) is 15.1. The molecule has 10 heteroatoms. The number of carbonyl (C=O) groups excluding carboxylic acids is 1. The minimum Gasteiger partial charge on any atom is -0.488 e. The van der Waals surface area contributed by atoms with E-state index >= 15 is 0 Å². The van der Waals surface area contributed by atoms with Crippen molar-refractivity contribution < 1.29 is 14.3 Å². The van der Waals surface area contributed by atoms with Gasteiger partial charge in [0.05, 0.1) is 12.8 Å². The third-order valence-corrected chi connectivity index (χ3v) is 5.19. The highest BCUT2D eigenvalue weighted by Gasteiger charge is 2.20. The maximum atomic E-state index is 12.2. The van der Waals surface area contributed by atoms with Crippen LogP contribution in [-0.2, 0) is 11.3 Å². The van der Waals surface area contributed by atoms with E-state index in [-0.39, 0.29) is 6.61 Å². The number of anilines is 1. The van der Waals surface area contributed by atoms with Gasteiger partial charge in [-0.15, -0.1) is 0 Å². The fraction of sp³-hybridized carbons (Fsp3) is 0.273. The number of hydrazine groups is 2. The van der Waals surface area contributed by atoms with Crippen LogP contribution >= 0.6 is 11.6 Å². The highest BCUT2D eigenvalue weighted by Crippen LogP contribution is 2.30. The average molecular weight is 461 g/mol. The minimum absolute atomic E-state index is 0.0884. The smallest absolute Gasteiger partial charge is 0.352 e. The highest BCUT2D eigenvalue weighted by molar-refractivity contribution is 6.31. The number of carbonyl (C=O) groups is 1. The van der Waals surface area contributed by atoms with Gasteiger partial charge in [0.25, 0.3) is 0 Å². The topological polar surface area (TPSA) is 132 Å². The summed E-state index contributed by atoms with van der Waals surface area (Å²) < 4.78 is 11.2. The second-order valence-electron chi connectivity index (χ2n) is 7.04. The fourth-order valence-corrected chi connectivity index (χ4v) is 3.29. The second-order valence-corrected chi connectivity index (χ2v) is 7.45. The van der Waals surface area contributed by atoms with Gasteiger partial charge in [0.1, 0.15) is 12.4 Å².